The Hall–Kier alpha value is -0.180. The van der Waals surface area contributed by atoms with Crippen LogP contribution in [0.3, 0.4) is 0 Å². The molecule has 0 unspecified atom stereocenters. The molecule has 0 aromatic heterocycles. The standard InChI is InChI=1S/C8H7Cl2OS/c1-12(11)5-6-4-7(9)2-3-8(6)10/h2-5H,1H3/q-1. The van der Waals surface area contributed by atoms with Crippen LogP contribution in [0.1, 0.15) is 5.56 Å². The predicted molar refractivity (Wildman–Crippen MR) is 55.6 cm³/mol. The largest absolute Gasteiger partial charge is 0.461 e. The minimum atomic E-state index is -1.00. The zero-order valence-electron chi connectivity index (χ0n) is 6.38. The van der Waals surface area contributed by atoms with Crippen LogP contribution in [-0.4, -0.2) is 11.6 Å². The normalized spacial score (nSPS) is 13.2. The van der Waals surface area contributed by atoms with Gasteiger partial charge in [-0.15, -0.1) is 11.6 Å². The van der Waals surface area contributed by atoms with Crippen molar-refractivity contribution in [2.24, 2.45) is 0 Å². The van der Waals surface area contributed by atoms with Crippen molar-refractivity contribution < 1.29 is 4.21 Å². The Bertz CT molecular complexity index is 367. The van der Waals surface area contributed by atoms with Crippen LogP contribution in [-0.2, 0) is 14.6 Å². The van der Waals surface area contributed by atoms with Gasteiger partial charge in [-0.1, -0.05) is 23.2 Å². The summed E-state index contributed by atoms with van der Waals surface area (Å²) >= 11 is 11.5. The van der Waals surface area contributed by atoms with Crippen LogP contribution < -0.4 is 0 Å². The van der Waals surface area contributed by atoms with Crippen LogP contribution in [0.4, 0.5) is 0 Å². The zero-order valence-corrected chi connectivity index (χ0v) is 8.71. The Morgan fingerprint density at radius 2 is 2.08 bits per heavy atom. The first kappa shape index (κ1) is 9.90. The molecule has 0 aliphatic rings. The molecule has 0 aliphatic heterocycles. The molecule has 1 aromatic carbocycles. The summed E-state index contributed by atoms with van der Waals surface area (Å²) in [6.45, 7) is 0. The summed E-state index contributed by atoms with van der Waals surface area (Å²) < 4.78 is 10.8. The number of hydrogen-bond donors (Lipinski definition) is 0. The molecule has 0 aliphatic carbocycles. The van der Waals surface area contributed by atoms with Gasteiger partial charge in [0, 0.05) is 10.0 Å². The molecule has 66 valence electrons. The smallest absolute Gasteiger partial charge is 0.0458 e. The summed E-state index contributed by atoms with van der Waals surface area (Å²) in [5.74, 6) is 0. The minimum absolute atomic E-state index is 0.564. The highest BCUT2D eigenvalue weighted by atomic mass is 35.5. The van der Waals surface area contributed by atoms with E-state index in [2.05, 4.69) is 0 Å². The summed E-state index contributed by atoms with van der Waals surface area (Å²) in [7, 11) is -1.00. The number of halogens is 2. The van der Waals surface area contributed by atoms with Crippen LogP contribution in [0.15, 0.2) is 18.2 Å². The van der Waals surface area contributed by atoms with Gasteiger partial charge in [0.05, 0.1) is 0 Å². The van der Waals surface area contributed by atoms with Crippen molar-refractivity contribution in [1.29, 1.82) is 0 Å². The monoisotopic (exact) mass is 221 g/mol. The highest BCUT2D eigenvalue weighted by Gasteiger charge is 1.94. The van der Waals surface area contributed by atoms with Crippen molar-refractivity contribution in [1.82, 2.24) is 0 Å². The Balaban J connectivity index is 3.23. The van der Waals surface area contributed by atoms with Crippen LogP contribution in [0.5, 0.6) is 0 Å². The van der Waals surface area contributed by atoms with Gasteiger partial charge in [0.1, 0.15) is 0 Å². The molecular formula is C8H7Cl2OS-. The van der Waals surface area contributed by atoms with E-state index in [1.165, 1.54) is 0 Å². The molecule has 0 N–H and O–H groups in total. The third kappa shape index (κ3) is 2.70. The second-order valence-corrected chi connectivity index (χ2v) is 4.36. The molecule has 0 atom stereocenters. The van der Waals surface area contributed by atoms with E-state index in [9.17, 15) is 4.21 Å². The lowest BCUT2D eigenvalue weighted by atomic mass is 10.2. The SMILES string of the molecule is C[S-](=O)=Cc1cc(Cl)ccc1Cl. The summed E-state index contributed by atoms with van der Waals surface area (Å²) in [5, 5.41) is 2.72. The molecule has 0 radical (unpaired) electrons. The van der Waals surface area contributed by atoms with Gasteiger partial charge in [0.15, 0.2) is 0 Å². The molecule has 1 nitrogen and oxygen atoms in total. The molecule has 4 heteroatoms. The van der Waals surface area contributed by atoms with Gasteiger partial charge >= 0.3 is 0 Å². The lowest BCUT2D eigenvalue weighted by molar-refractivity contribution is 0.606. The van der Waals surface area contributed by atoms with E-state index in [0.29, 0.717) is 15.6 Å². The van der Waals surface area contributed by atoms with Gasteiger partial charge in [0.25, 0.3) is 0 Å². The lowest BCUT2D eigenvalue weighted by Crippen LogP contribution is -1.85. The molecular weight excluding hydrogens is 215 g/mol. The quantitative estimate of drug-likeness (QED) is 0.527. The van der Waals surface area contributed by atoms with E-state index in [-0.39, 0.29) is 0 Å². The third-order valence-corrected chi connectivity index (χ3v) is 2.42. The van der Waals surface area contributed by atoms with Crippen molar-refractivity contribution >= 4 is 39.0 Å². The molecule has 0 spiro atoms. The highest BCUT2D eigenvalue weighted by molar-refractivity contribution is 7.83. The highest BCUT2D eigenvalue weighted by Crippen LogP contribution is 2.18. The van der Waals surface area contributed by atoms with E-state index >= 15 is 0 Å². The van der Waals surface area contributed by atoms with Crippen LogP contribution >= 0.6 is 23.2 Å². The van der Waals surface area contributed by atoms with Gasteiger partial charge in [-0.05, 0) is 23.8 Å². The molecule has 0 bridgehead atoms. The Labute approximate surface area is 83.3 Å². The fraction of sp³-hybridized carbons (Fsp3) is 0.125. The summed E-state index contributed by atoms with van der Waals surface area (Å²) in [6.07, 6.45) is 1.58. The van der Waals surface area contributed by atoms with Crippen molar-refractivity contribution in [2.75, 3.05) is 6.26 Å². The van der Waals surface area contributed by atoms with Crippen LogP contribution in [0.2, 0.25) is 10.0 Å². The fourth-order valence-electron chi connectivity index (χ4n) is 0.784. The molecule has 12 heavy (non-hydrogen) atoms. The average Bonchev–Trinajstić information content (AvgIpc) is 1.96. The second kappa shape index (κ2) is 4.17. The van der Waals surface area contributed by atoms with Crippen molar-refractivity contribution in [3.63, 3.8) is 0 Å². The van der Waals surface area contributed by atoms with Crippen LogP contribution in [0, 0.1) is 0 Å². The van der Waals surface area contributed by atoms with E-state index in [0.717, 1.165) is 0 Å². The van der Waals surface area contributed by atoms with E-state index in [1.54, 1.807) is 29.8 Å². The van der Waals surface area contributed by atoms with Crippen molar-refractivity contribution in [3.8, 4) is 0 Å². The Morgan fingerprint density at radius 3 is 2.67 bits per heavy atom. The summed E-state index contributed by atoms with van der Waals surface area (Å²) in [5.41, 5.74) is 0.713. The predicted octanol–water partition coefficient (Wildman–Crippen LogP) is 2.74. The number of benzene rings is 1. The maximum absolute atomic E-state index is 10.8. The van der Waals surface area contributed by atoms with Crippen molar-refractivity contribution in [3.05, 3.63) is 33.8 Å². The summed E-state index contributed by atoms with van der Waals surface area (Å²) in [6, 6.07) is 5.06. The van der Waals surface area contributed by atoms with E-state index in [4.69, 9.17) is 23.2 Å². The van der Waals surface area contributed by atoms with Gasteiger partial charge in [-0.25, -0.2) is 0 Å². The first-order chi connectivity index (χ1) is 5.59. The Morgan fingerprint density at radius 1 is 1.42 bits per heavy atom. The van der Waals surface area contributed by atoms with E-state index in [1.807, 2.05) is 0 Å². The maximum Gasteiger partial charge on any atom is 0.0458 e. The van der Waals surface area contributed by atoms with Gasteiger partial charge < -0.3 is 4.21 Å². The summed E-state index contributed by atoms with van der Waals surface area (Å²) in [4.78, 5) is 0. The molecule has 0 amide bonds. The molecule has 1 aromatic rings. The van der Waals surface area contributed by atoms with E-state index < -0.39 is 10.4 Å². The molecule has 1 rings (SSSR count). The topological polar surface area (TPSA) is 17.1 Å². The number of hydrogen-bond acceptors (Lipinski definition) is 2. The van der Waals surface area contributed by atoms with Gasteiger partial charge in [-0.2, -0.15) is 0 Å². The zero-order chi connectivity index (χ0) is 9.14. The lowest BCUT2D eigenvalue weighted by Gasteiger charge is -2.01. The molecule has 0 heterocycles. The fourth-order valence-corrected chi connectivity index (χ4v) is 1.75. The first-order valence-corrected chi connectivity index (χ1v) is 5.59. The van der Waals surface area contributed by atoms with Gasteiger partial charge in [0.2, 0.25) is 0 Å². The molecule has 0 saturated carbocycles. The minimum Gasteiger partial charge on any atom is -0.461 e. The Kier molecular flexibility index (Phi) is 3.44. The van der Waals surface area contributed by atoms with Crippen LogP contribution in [0.25, 0.3) is 0 Å². The second-order valence-electron chi connectivity index (χ2n) is 2.28. The van der Waals surface area contributed by atoms with Gasteiger partial charge in [-0.3, -0.25) is 10.4 Å². The van der Waals surface area contributed by atoms with Crippen molar-refractivity contribution in [2.45, 2.75) is 0 Å². The average molecular weight is 222 g/mol. The molecule has 0 saturated heterocycles. The third-order valence-electron chi connectivity index (χ3n) is 1.25. The maximum atomic E-state index is 10.8. The first-order valence-electron chi connectivity index (χ1n) is 3.22. The molecule has 0 fully saturated rings. The number of rotatable bonds is 1.